The molecular formula is C24H23N5O3. The van der Waals surface area contributed by atoms with E-state index in [2.05, 4.69) is 6.07 Å². The van der Waals surface area contributed by atoms with Gasteiger partial charge in [-0.1, -0.05) is 42.5 Å². The van der Waals surface area contributed by atoms with E-state index in [1.165, 1.54) is 12.1 Å². The highest BCUT2D eigenvalue weighted by Crippen LogP contribution is 2.48. The summed E-state index contributed by atoms with van der Waals surface area (Å²) < 4.78 is 0. The van der Waals surface area contributed by atoms with Crippen molar-refractivity contribution in [2.75, 3.05) is 14.1 Å². The summed E-state index contributed by atoms with van der Waals surface area (Å²) in [5.74, 6) is -0.438. The first-order chi connectivity index (χ1) is 15.3. The Balaban J connectivity index is 1.87. The highest BCUT2D eigenvalue weighted by Gasteiger charge is 2.43. The van der Waals surface area contributed by atoms with E-state index < -0.39 is 10.8 Å². The molecule has 32 heavy (non-hydrogen) atoms. The van der Waals surface area contributed by atoms with E-state index in [1.807, 2.05) is 44.4 Å². The maximum Gasteiger partial charge on any atom is 0.269 e. The van der Waals surface area contributed by atoms with E-state index in [9.17, 15) is 20.2 Å². The van der Waals surface area contributed by atoms with Crippen molar-refractivity contribution in [2.24, 2.45) is 5.73 Å². The molecule has 0 radical (unpaired) electrons. The first-order valence-electron chi connectivity index (χ1n) is 10.3. The van der Waals surface area contributed by atoms with Gasteiger partial charge in [-0.05, 0) is 23.5 Å². The summed E-state index contributed by atoms with van der Waals surface area (Å²) in [6.07, 6.45) is 0.915. The Hall–Kier alpha value is -3.96. The van der Waals surface area contributed by atoms with Crippen LogP contribution < -0.4 is 5.73 Å². The number of nitro benzene ring substituents is 1. The van der Waals surface area contributed by atoms with Crippen LogP contribution in [0.25, 0.3) is 0 Å². The molecule has 1 aliphatic heterocycles. The largest absolute Gasteiger partial charge is 0.383 e. The Kier molecular flexibility index (Phi) is 5.51. The minimum absolute atomic E-state index is 0.00107. The van der Waals surface area contributed by atoms with Crippen LogP contribution in [0.15, 0.2) is 77.3 Å². The molecule has 0 aromatic heterocycles. The monoisotopic (exact) mass is 429 g/mol. The SMILES string of the molecule is CN(C)N1C(N)=C(C#N)[C@H](c2ccc([N+](=O)[O-])cc2)C2=C1C[C@@H](c1ccccc1)CC2=O. The van der Waals surface area contributed by atoms with Crippen LogP contribution in [0.3, 0.4) is 0 Å². The van der Waals surface area contributed by atoms with Gasteiger partial charge in [0, 0.05) is 43.9 Å². The van der Waals surface area contributed by atoms with Gasteiger partial charge in [-0.15, -0.1) is 0 Å². The third-order valence-electron chi connectivity index (χ3n) is 6.05. The normalized spacial score (nSPS) is 20.9. The van der Waals surface area contributed by atoms with Crippen LogP contribution in [-0.4, -0.2) is 34.8 Å². The summed E-state index contributed by atoms with van der Waals surface area (Å²) in [5.41, 5.74) is 9.68. The topological polar surface area (TPSA) is 116 Å². The van der Waals surface area contributed by atoms with Gasteiger partial charge in [0.1, 0.15) is 5.82 Å². The van der Waals surface area contributed by atoms with Crippen LogP contribution in [0.2, 0.25) is 0 Å². The quantitative estimate of drug-likeness (QED) is 0.583. The van der Waals surface area contributed by atoms with E-state index in [0.29, 0.717) is 24.0 Å². The van der Waals surface area contributed by atoms with Crippen molar-refractivity contribution < 1.29 is 9.72 Å². The number of nitrogens with zero attached hydrogens (tertiary/aromatic N) is 4. The first-order valence-corrected chi connectivity index (χ1v) is 10.3. The molecule has 0 fully saturated rings. The minimum atomic E-state index is -0.656. The number of non-ortho nitro benzene ring substituents is 1. The van der Waals surface area contributed by atoms with Gasteiger partial charge in [0.2, 0.25) is 0 Å². The molecule has 0 amide bonds. The lowest BCUT2D eigenvalue weighted by molar-refractivity contribution is -0.384. The lowest BCUT2D eigenvalue weighted by atomic mass is 9.72. The van der Waals surface area contributed by atoms with Crippen LogP contribution in [0.1, 0.15) is 35.8 Å². The highest BCUT2D eigenvalue weighted by molar-refractivity contribution is 6.00. The van der Waals surface area contributed by atoms with Gasteiger partial charge in [0.15, 0.2) is 5.78 Å². The van der Waals surface area contributed by atoms with Crippen molar-refractivity contribution in [3.8, 4) is 6.07 Å². The van der Waals surface area contributed by atoms with Gasteiger partial charge in [-0.3, -0.25) is 19.9 Å². The van der Waals surface area contributed by atoms with Crippen molar-refractivity contribution in [3.05, 3.63) is 98.5 Å². The number of ketones is 1. The number of Topliss-reactive ketones (excluding diaryl/α,β-unsaturated/α-hetero) is 1. The summed E-state index contributed by atoms with van der Waals surface area (Å²) in [6, 6.07) is 18.0. The second-order valence-electron chi connectivity index (χ2n) is 8.15. The fourth-order valence-corrected chi connectivity index (χ4v) is 4.65. The smallest absolute Gasteiger partial charge is 0.269 e. The number of carbonyl (C=O) groups is 1. The van der Waals surface area contributed by atoms with Gasteiger partial charge in [0.25, 0.3) is 5.69 Å². The third-order valence-corrected chi connectivity index (χ3v) is 6.05. The molecule has 1 heterocycles. The number of nitrogens with two attached hydrogens (primary N) is 1. The van der Waals surface area contributed by atoms with Gasteiger partial charge in [0.05, 0.1) is 22.5 Å². The Labute approximate surface area is 186 Å². The van der Waals surface area contributed by atoms with Crippen molar-refractivity contribution >= 4 is 11.5 Å². The molecule has 162 valence electrons. The molecule has 2 aliphatic rings. The molecule has 0 saturated heterocycles. The third kappa shape index (κ3) is 3.53. The van der Waals surface area contributed by atoms with Crippen molar-refractivity contribution in [3.63, 3.8) is 0 Å². The van der Waals surface area contributed by atoms with E-state index in [4.69, 9.17) is 5.73 Å². The molecule has 8 nitrogen and oxygen atoms in total. The number of nitro groups is 1. The molecule has 2 aromatic rings. The van der Waals surface area contributed by atoms with Crippen LogP contribution in [0.4, 0.5) is 5.69 Å². The Morgan fingerprint density at radius 3 is 2.31 bits per heavy atom. The summed E-state index contributed by atoms with van der Waals surface area (Å²) in [4.78, 5) is 24.1. The van der Waals surface area contributed by atoms with Crippen LogP contribution in [0, 0.1) is 21.4 Å². The fourth-order valence-electron chi connectivity index (χ4n) is 4.65. The Bertz CT molecular complexity index is 1180. The molecule has 2 N–H and O–H groups in total. The maximum atomic E-state index is 13.5. The minimum Gasteiger partial charge on any atom is -0.383 e. The number of rotatable bonds is 4. The average Bonchev–Trinajstić information content (AvgIpc) is 2.78. The fraction of sp³-hybridized carbons (Fsp3) is 0.250. The zero-order chi connectivity index (χ0) is 23.0. The predicted molar refractivity (Wildman–Crippen MR) is 119 cm³/mol. The molecule has 1 aliphatic carbocycles. The van der Waals surface area contributed by atoms with Gasteiger partial charge in [-0.2, -0.15) is 5.26 Å². The molecule has 8 heteroatoms. The maximum absolute atomic E-state index is 13.5. The van der Waals surface area contributed by atoms with Crippen LogP contribution in [0.5, 0.6) is 0 Å². The molecular weight excluding hydrogens is 406 g/mol. The number of benzene rings is 2. The van der Waals surface area contributed by atoms with Gasteiger partial charge in [-0.25, -0.2) is 5.01 Å². The van der Waals surface area contributed by atoms with E-state index >= 15 is 0 Å². The summed E-state index contributed by atoms with van der Waals surface area (Å²) in [5, 5.41) is 24.6. The molecule has 0 unspecified atom stereocenters. The molecule has 4 rings (SSSR count). The first kappa shape index (κ1) is 21.3. The average molecular weight is 429 g/mol. The molecule has 2 atom stereocenters. The lowest BCUT2D eigenvalue weighted by Gasteiger charge is -2.43. The second kappa shape index (κ2) is 8.29. The number of carbonyl (C=O) groups excluding carboxylic acids is 1. The summed E-state index contributed by atoms with van der Waals surface area (Å²) >= 11 is 0. The van der Waals surface area contributed by atoms with Crippen molar-refractivity contribution in [1.82, 2.24) is 10.0 Å². The Morgan fingerprint density at radius 2 is 1.75 bits per heavy atom. The van der Waals surface area contributed by atoms with Crippen LogP contribution in [-0.2, 0) is 4.79 Å². The molecule has 0 bridgehead atoms. The molecule has 0 saturated carbocycles. The zero-order valence-corrected chi connectivity index (χ0v) is 17.9. The Morgan fingerprint density at radius 1 is 1.09 bits per heavy atom. The number of allylic oxidation sites excluding steroid dienone is 3. The summed E-state index contributed by atoms with van der Waals surface area (Å²) in [7, 11) is 3.63. The molecule has 0 spiro atoms. The molecule has 2 aromatic carbocycles. The zero-order valence-electron chi connectivity index (χ0n) is 17.9. The predicted octanol–water partition coefficient (Wildman–Crippen LogP) is 3.57. The van der Waals surface area contributed by atoms with E-state index in [0.717, 1.165) is 11.3 Å². The lowest BCUT2D eigenvalue weighted by Crippen LogP contribution is -2.46. The van der Waals surface area contributed by atoms with Gasteiger partial charge < -0.3 is 5.73 Å². The van der Waals surface area contributed by atoms with Crippen LogP contribution >= 0.6 is 0 Å². The second-order valence-corrected chi connectivity index (χ2v) is 8.15. The summed E-state index contributed by atoms with van der Waals surface area (Å²) in [6.45, 7) is 0. The van der Waals surface area contributed by atoms with Crippen molar-refractivity contribution in [1.29, 1.82) is 5.26 Å². The highest BCUT2D eigenvalue weighted by atomic mass is 16.6. The standard InChI is InChI=1S/C24H23N5O3/c1-27(2)28-20-12-17(15-6-4-3-5-7-15)13-21(30)23(20)22(19(14-25)24(28)26)16-8-10-18(11-9-16)29(31)32/h3-11,17,22H,12-13,26H2,1-2H3/t17-,22+/m1/s1. The van der Waals surface area contributed by atoms with Gasteiger partial charge >= 0.3 is 0 Å². The number of hydrogen-bond donors (Lipinski definition) is 1. The van der Waals surface area contributed by atoms with Crippen molar-refractivity contribution in [2.45, 2.75) is 24.7 Å². The van der Waals surface area contributed by atoms with E-state index in [1.54, 1.807) is 22.2 Å². The number of hydrogen-bond acceptors (Lipinski definition) is 7. The number of nitriles is 1. The van der Waals surface area contributed by atoms with E-state index in [-0.39, 0.29) is 28.8 Å². The number of hydrazine groups is 1.